The van der Waals surface area contributed by atoms with E-state index in [4.69, 9.17) is 16.6 Å². The number of nitrogens with one attached hydrogen (secondary N) is 1. The summed E-state index contributed by atoms with van der Waals surface area (Å²) in [6.45, 7) is 8.65. The van der Waals surface area contributed by atoms with E-state index < -0.39 is 0 Å². The van der Waals surface area contributed by atoms with Gasteiger partial charge in [0.2, 0.25) is 0 Å². The van der Waals surface area contributed by atoms with E-state index in [0.29, 0.717) is 11.2 Å². The number of aromatic nitrogens is 2. The van der Waals surface area contributed by atoms with Gasteiger partial charge in [0.1, 0.15) is 11.0 Å². The van der Waals surface area contributed by atoms with Crippen molar-refractivity contribution in [3.63, 3.8) is 0 Å². The molecule has 1 unspecified atom stereocenters. The summed E-state index contributed by atoms with van der Waals surface area (Å²) in [7, 11) is 0. The van der Waals surface area contributed by atoms with Gasteiger partial charge >= 0.3 is 0 Å². The lowest BCUT2D eigenvalue weighted by Gasteiger charge is -2.26. The normalized spacial score (nSPS) is 19.4. The molecule has 1 saturated heterocycles. The molecule has 112 valence electrons. The molecule has 2 aromatic rings. The molecule has 1 N–H and O–H groups in total. The number of hydrogen-bond acceptors (Lipinski definition) is 4. The summed E-state index contributed by atoms with van der Waals surface area (Å²) in [5, 5.41) is 4.17. The van der Waals surface area contributed by atoms with Gasteiger partial charge in [0.15, 0.2) is 0 Å². The first-order chi connectivity index (χ1) is 9.90. The van der Waals surface area contributed by atoms with Crippen LogP contribution in [0.5, 0.6) is 0 Å². The summed E-state index contributed by atoms with van der Waals surface area (Å²) in [5.41, 5.74) is 1.89. The van der Waals surface area contributed by atoms with Crippen LogP contribution in [0.4, 0.5) is 5.82 Å². The Morgan fingerprint density at radius 2 is 1.86 bits per heavy atom. The number of rotatable bonds is 2. The average molecular weight is 305 g/mol. The van der Waals surface area contributed by atoms with E-state index in [1.165, 1.54) is 0 Å². The number of nitrogens with zero attached hydrogens (tertiary/aromatic N) is 3. The van der Waals surface area contributed by atoms with Crippen LogP contribution in [0, 0.1) is 0 Å². The first kappa shape index (κ1) is 14.5. The Hall–Kier alpha value is -1.39. The summed E-state index contributed by atoms with van der Waals surface area (Å²) >= 11 is 5.91. The number of anilines is 1. The molecular formula is C16H21ClN4. The van der Waals surface area contributed by atoms with Crippen LogP contribution in [-0.2, 0) is 0 Å². The fourth-order valence-electron chi connectivity index (χ4n) is 2.85. The molecule has 1 aliphatic rings. The van der Waals surface area contributed by atoms with Crippen LogP contribution in [0.25, 0.3) is 11.0 Å². The van der Waals surface area contributed by atoms with E-state index in [1.807, 2.05) is 18.2 Å². The molecule has 0 saturated carbocycles. The zero-order valence-electron chi connectivity index (χ0n) is 12.7. The maximum Gasteiger partial charge on any atom is 0.129 e. The Labute approximate surface area is 130 Å². The van der Waals surface area contributed by atoms with Crippen LogP contribution in [0.15, 0.2) is 24.3 Å². The van der Waals surface area contributed by atoms with E-state index in [1.54, 1.807) is 6.07 Å². The Morgan fingerprint density at radius 1 is 1.14 bits per heavy atom. The Balaban J connectivity index is 1.77. The van der Waals surface area contributed by atoms with Gasteiger partial charge in [0.05, 0.1) is 11.0 Å². The fourth-order valence-corrected chi connectivity index (χ4v) is 3.00. The van der Waals surface area contributed by atoms with Crippen molar-refractivity contribution in [2.75, 3.05) is 18.0 Å². The van der Waals surface area contributed by atoms with Crippen LogP contribution < -0.4 is 10.2 Å². The lowest BCUT2D eigenvalue weighted by Crippen LogP contribution is -2.44. The van der Waals surface area contributed by atoms with E-state index >= 15 is 0 Å². The minimum Gasteiger partial charge on any atom is -0.355 e. The van der Waals surface area contributed by atoms with Crippen molar-refractivity contribution < 1.29 is 0 Å². The van der Waals surface area contributed by atoms with Gasteiger partial charge in [-0.25, -0.2) is 9.97 Å². The molecule has 0 bridgehead atoms. The zero-order chi connectivity index (χ0) is 15.0. The zero-order valence-corrected chi connectivity index (χ0v) is 13.5. The monoisotopic (exact) mass is 304 g/mol. The molecule has 4 nitrogen and oxygen atoms in total. The third-order valence-electron chi connectivity index (χ3n) is 3.64. The van der Waals surface area contributed by atoms with Crippen molar-refractivity contribution in [3.8, 4) is 0 Å². The second-order valence-electron chi connectivity index (χ2n) is 6.67. The molecule has 1 aliphatic heterocycles. The van der Waals surface area contributed by atoms with Crippen molar-refractivity contribution >= 4 is 28.5 Å². The first-order valence-corrected chi connectivity index (χ1v) is 7.74. The van der Waals surface area contributed by atoms with Crippen LogP contribution in [0.2, 0.25) is 5.15 Å². The van der Waals surface area contributed by atoms with Crippen molar-refractivity contribution in [3.05, 3.63) is 29.4 Å². The Morgan fingerprint density at radius 3 is 2.62 bits per heavy atom. The highest BCUT2D eigenvalue weighted by molar-refractivity contribution is 6.29. The summed E-state index contributed by atoms with van der Waals surface area (Å²) < 4.78 is 0. The molecule has 0 spiro atoms. The highest BCUT2D eigenvalue weighted by Crippen LogP contribution is 2.22. The smallest absolute Gasteiger partial charge is 0.129 e. The standard InChI is InChI=1S/C16H21ClN4/c1-16(2,3)20-11-8-9-21(10-11)15-7-5-12-13(19-15)4-6-14(17)18-12/h4-7,11,20H,8-10H2,1-3H3. The van der Waals surface area contributed by atoms with Gasteiger partial charge in [0.25, 0.3) is 0 Å². The van der Waals surface area contributed by atoms with Crippen molar-refractivity contribution in [1.82, 2.24) is 15.3 Å². The van der Waals surface area contributed by atoms with Gasteiger partial charge in [-0.05, 0) is 51.5 Å². The molecule has 0 aromatic carbocycles. The van der Waals surface area contributed by atoms with E-state index in [2.05, 4.69) is 36.0 Å². The van der Waals surface area contributed by atoms with Gasteiger partial charge in [-0.1, -0.05) is 11.6 Å². The SMILES string of the molecule is CC(C)(C)NC1CCN(c2ccc3nc(Cl)ccc3n2)C1. The van der Waals surface area contributed by atoms with Crippen molar-refractivity contribution in [2.24, 2.45) is 0 Å². The quantitative estimate of drug-likeness (QED) is 0.865. The Bertz CT molecular complexity index is 650. The predicted molar refractivity (Wildman–Crippen MR) is 88.1 cm³/mol. The third kappa shape index (κ3) is 3.44. The minimum absolute atomic E-state index is 0.151. The van der Waals surface area contributed by atoms with E-state index in [9.17, 15) is 0 Å². The van der Waals surface area contributed by atoms with Crippen molar-refractivity contribution in [1.29, 1.82) is 0 Å². The lowest BCUT2D eigenvalue weighted by molar-refractivity contribution is 0.373. The second kappa shape index (κ2) is 5.43. The lowest BCUT2D eigenvalue weighted by atomic mass is 10.1. The molecule has 2 aromatic heterocycles. The maximum absolute atomic E-state index is 5.91. The summed E-state index contributed by atoms with van der Waals surface area (Å²) in [6.07, 6.45) is 1.15. The first-order valence-electron chi connectivity index (χ1n) is 7.37. The van der Waals surface area contributed by atoms with Gasteiger partial charge in [0, 0.05) is 24.7 Å². The summed E-state index contributed by atoms with van der Waals surface area (Å²) in [4.78, 5) is 11.3. The molecule has 0 amide bonds. The molecule has 3 rings (SSSR count). The number of pyridine rings is 2. The molecule has 0 aliphatic carbocycles. The molecule has 1 atom stereocenters. The van der Waals surface area contributed by atoms with Gasteiger partial charge in [-0.2, -0.15) is 0 Å². The van der Waals surface area contributed by atoms with Crippen LogP contribution in [0.3, 0.4) is 0 Å². The number of hydrogen-bond donors (Lipinski definition) is 1. The molecular weight excluding hydrogens is 284 g/mol. The highest BCUT2D eigenvalue weighted by atomic mass is 35.5. The molecule has 21 heavy (non-hydrogen) atoms. The average Bonchev–Trinajstić information content (AvgIpc) is 2.84. The van der Waals surface area contributed by atoms with Crippen LogP contribution in [-0.4, -0.2) is 34.6 Å². The molecule has 1 fully saturated rings. The number of fused-ring (bicyclic) bond motifs is 1. The van der Waals surface area contributed by atoms with Crippen LogP contribution in [0.1, 0.15) is 27.2 Å². The largest absolute Gasteiger partial charge is 0.355 e. The second-order valence-corrected chi connectivity index (χ2v) is 7.05. The third-order valence-corrected chi connectivity index (χ3v) is 3.85. The minimum atomic E-state index is 0.151. The summed E-state index contributed by atoms with van der Waals surface area (Å²) in [5.74, 6) is 1.02. The molecule has 5 heteroatoms. The van der Waals surface area contributed by atoms with Crippen LogP contribution >= 0.6 is 11.6 Å². The topological polar surface area (TPSA) is 41.0 Å². The Kier molecular flexibility index (Phi) is 3.76. The molecule has 3 heterocycles. The van der Waals surface area contributed by atoms with Crippen molar-refractivity contribution in [2.45, 2.75) is 38.8 Å². The maximum atomic E-state index is 5.91. The van der Waals surface area contributed by atoms with E-state index in [-0.39, 0.29) is 5.54 Å². The van der Waals surface area contributed by atoms with Gasteiger partial charge in [-0.3, -0.25) is 0 Å². The van der Waals surface area contributed by atoms with E-state index in [0.717, 1.165) is 36.4 Å². The number of halogens is 1. The highest BCUT2D eigenvalue weighted by Gasteiger charge is 2.26. The fraction of sp³-hybridized carbons (Fsp3) is 0.500. The predicted octanol–water partition coefficient (Wildman–Crippen LogP) is 3.25. The molecule has 0 radical (unpaired) electrons. The van der Waals surface area contributed by atoms with Gasteiger partial charge in [-0.15, -0.1) is 0 Å². The summed E-state index contributed by atoms with van der Waals surface area (Å²) in [6, 6.07) is 8.26. The van der Waals surface area contributed by atoms with Gasteiger partial charge < -0.3 is 10.2 Å².